The fraction of sp³-hybridized carbons (Fsp3) is 0. The fourth-order valence-electron chi connectivity index (χ4n) is 8.61. The number of para-hydroxylation sites is 1. The number of furan rings is 1. The van der Waals surface area contributed by atoms with Gasteiger partial charge in [0, 0.05) is 27.8 Å². The Morgan fingerprint density at radius 1 is 0.250 bits per heavy atom. The number of hydrogen-bond donors (Lipinski definition) is 0. The summed E-state index contributed by atoms with van der Waals surface area (Å²) < 4.78 is 6.23. The van der Waals surface area contributed by atoms with Gasteiger partial charge in [-0.05, 0) is 133 Å². The predicted molar refractivity (Wildman–Crippen MR) is 253 cm³/mol. The van der Waals surface area contributed by atoms with Crippen LogP contribution >= 0.6 is 0 Å². The highest BCUT2D eigenvalue weighted by atomic mass is 16.3. The monoisotopic (exact) mass is 765 g/mol. The summed E-state index contributed by atoms with van der Waals surface area (Å²) in [4.78, 5) is 2.33. The van der Waals surface area contributed by atoms with Gasteiger partial charge in [0.1, 0.15) is 11.2 Å². The van der Waals surface area contributed by atoms with Crippen molar-refractivity contribution in [3.8, 4) is 55.6 Å². The van der Waals surface area contributed by atoms with E-state index in [4.69, 9.17) is 4.42 Å². The van der Waals surface area contributed by atoms with Gasteiger partial charge in [-0.2, -0.15) is 0 Å². The number of anilines is 3. The molecular formula is C58H39NO. The summed E-state index contributed by atoms with van der Waals surface area (Å²) in [6, 6.07) is 84.9. The van der Waals surface area contributed by atoms with E-state index in [1.54, 1.807) is 0 Å². The first-order valence-corrected chi connectivity index (χ1v) is 20.5. The molecule has 1 aromatic heterocycles. The third kappa shape index (κ3) is 6.61. The van der Waals surface area contributed by atoms with Crippen LogP contribution in [0, 0.1) is 0 Å². The Balaban J connectivity index is 0.921. The maximum Gasteiger partial charge on any atom is 0.136 e. The molecule has 0 spiro atoms. The van der Waals surface area contributed by atoms with Crippen molar-refractivity contribution < 1.29 is 4.42 Å². The molecule has 0 radical (unpaired) electrons. The van der Waals surface area contributed by atoms with Crippen molar-refractivity contribution in [1.82, 2.24) is 0 Å². The summed E-state index contributed by atoms with van der Waals surface area (Å²) in [5.74, 6) is 0. The highest BCUT2D eigenvalue weighted by molar-refractivity contribution is 6.06. The quantitative estimate of drug-likeness (QED) is 0.153. The Morgan fingerprint density at radius 3 is 1.33 bits per heavy atom. The van der Waals surface area contributed by atoms with Crippen LogP contribution in [0.1, 0.15) is 0 Å². The predicted octanol–water partition coefficient (Wildman–Crippen LogP) is 16.5. The molecule has 10 aromatic carbocycles. The van der Waals surface area contributed by atoms with Crippen molar-refractivity contribution in [2.24, 2.45) is 0 Å². The zero-order chi connectivity index (χ0) is 39.8. The summed E-state index contributed by atoms with van der Waals surface area (Å²) in [5, 5.41) is 4.80. The third-order valence-electron chi connectivity index (χ3n) is 11.7. The van der Waals surface area contributed by atoms with Crippen molar-refractivity contribution in [2.45, 2.75) is 0 Å². The van der Waals surface area contributed by atoms with E-state index in [1.165, 1.54) is 55.3 Å². The number of nitrogens with zero attached hydrogens (tertiary/aromatic N) is 1. The van der Waals surface area contributed by atoms with Crippen molar-refractivity contribution >= 4 is 49.8 Å². The summed E-state index contributed by atoms with van der Waals surface area (Å²) in [5.41, 5.74) is 16.9. The van der Waals surface area contributed by atoms with Crippen LogP contribution in [0.5, 0.6) is 0 Å². The first kappa shape index (κ1) is 35.2. The molecule has 0 N–H and O–H groups in total. The van der Waals surface area contributed by atoms with Crippen molar-refractivity contribution in [3.63, 3.8) is 0 Å². The summed E-state index contributed by atoms with van der Waals surface area (Å²) in [6.45, 7) is 0. The molecule has 0 atom stereocenters. The van der Waals surface area contributed by atoms with E-state index in [0.717, 1.165) is 50.1 Å². The van der Waals surface area contributed by atoms with Gasteiger partial charge in [0.15, 0.2) is 0 Å². The lowest BCUT2D eigenvalue weighted by Gasteiger charge is -2.26. The molecule has 0 aliphatic carbocycles. The smallest absolute Gasteiger partial charge is 0.136 e. The molecule has 0 fully saturated rings. The normalized spacial score (nSPS) is 11.3. The molecule has 2 nitrogen and oxygen atoms in total. The average molecular weight is 766 g/mol. The van der Waals surface area contributed by atoms with Gasteiger partial charge < -0.3 is 9.32 Å². The van der Waals surface area contributed by atoms with Crippen LogP contribution in [-0.2, 0) is 0 Å². The topological polar surface area (TPSA) is 16.4 Å². The van der Waals surface area contributed by atoms with Crippen LogP contribution in [0.2, 0.25) is 0 Å². The number of hydrogen-bond acceptors (Lipinski definition) is 2. The Hall–Kier alpha value is -7.94. The molecule has 0 saturated carbocycles. The summed E-state index contributed by atoms with van der Waals surface area (Å²) >= 11 is 0. The van der Waals surface area contributed by atoms with Gasteiger partial charge in [-0.1, -0.05) is 170 Å². The van der Waals surface area contributed by atoms with Crippen LogP contribution in [0.15, 0.2) is 241 Å². The van der Waals surface area contributed by atoms with Gasteiger partial charge in [0.05, 0.1) is 0 Å². The molecule has 0 saturated heterocycles. The maximum atomic E-state index is 6.23. The van der Waals surface area contributed by atoms with Gasteiger partial charge >= 0.3 is 0 Å². The molecule has 0 unspecified atom stereocenters. The van der Waals surface area contributed by atoms with E-state index < -0.39 is 0 Å². The second kappa shape index (κ2) is 15.1. The van der Waals surface area contributed by atoms with E-state index in [0.29, 0.717) is 0 Å². The van der Waals surface area contributed by atoms with Gasteiger partial charge in [-0.15, -0.1) is 0 Å². The van der Waals surface area contributed by atoms with E-state index in [9.17, 15) is 0 Å². The fourth-order valence-corrected chi connectivity index (χ4v) is 8.61. The second-order valence-electron chi connectivity index (χ2n) is 15.3. The Morgan fingerprint density at radius 2 is 0.667 bits per heavy atom. The number of rotatable bonds is 8. The van der Waals surface area contributed by atoms with Crippen LogP contribution in [0.4, 0.5) is 17.1 Å². The third-order valence-corrected chi connectivity index (χ3v) is 11.7. The SMILES string of the molecule is c1ccc(-c2ccc(N(c3ccc(-c4cccc(-c5cccc(-c6cccc7ccccc67)c5)c4)cc3)c3ccc(-c4ccc5c(c4)oc4ccccc45)cc3)cc2)cc1. The minimum absolute atomic E-state index is 0.901. The minimum Gasteiger partial charge on any atom is -0.456 e. The van der Waals surface area contributed by atoms with E-state index >= 15 is 0 Å². The van der Waals surface area contributed by atoms with Gasteiger partial charge in [0.2, 0.25) is 0 Å². The van der Waals surface area contributed by atoms with Crippen LogP contribution in [-0.4, -0.2) is 0 Å². The van der Waals surface area contributed by atoms with Gasteiger partial charge in [-0.3, -0.25) is 0 Å². The van der Waals surface area contributed by atoms with E-state index in [2.05, 4.69) is 229 Å². The molecule has 2 heteroatoms. The van der Waals surface area contributed by atoms with Gasteiger partial charge in [-0.25, -0.2) is 0 Å². The first-order chi connectivity index (χ1) is 29.7. The minimum atomic E-state index is 0.901. The molecule has 282 valence electrons. The lowest BCUT2D eigenvalue weighted by molar-refractivity contribution is 0.669. The molecule has 1 heterocycles. The average Bonchev–Trinajstić information content (AvgIpc) is 3.71. The molecule has 11 aromatic rings. The number of fused-ring (bicyclic) bond motifs is 4. The first-order valence-electron chi connectivity index (χ1n) is 20.5. The summed E-state index contributed by atoms with van der Waals surface area (Å²) in [7, 11) is 0. The van der Waals surface area contributed by atoms with E-state index in [1.807, 2.05) is 12.1 Å². The van der Waals surface area contributed by atoms with Crippen molar-refractivity contribution in [2.75, 3.05) is 4.90 Å². The highest BCUT2D eigenvalue weighted by Gasteiger charge is 2.15. The van der Waals surface area contributed by atoms with Crippen molar-refractivity contribution in [1.29, 1.82) is 0 Å². The standard InChI is InChI=1S/C58H39NO/c1-2-11-40(12-3-1)41-23-30-50(31-24-41)59(52-34-27-43(28-35-52)48-29-36-56-55-20-6-7-22-57(55)60-58(56)39-48)51-32-25-42(26-33-51)45-15-8-16-46(37-45)47-17-9-18-49(38-47)54-21-10-14-44-13-4-5-19-53(44)54/h1-39H. The maximum absolute atomic E-state index is 6.23. The Kier molecular flexibility index (Phi) is 8.87. The molecule has 0 aliphatic rings. The molecule has 60 heavy (non-hydrogen) atoms. The van der Waals surface area contributed by atoms with Crippen LogP contribution in [0.3, 0.4) is 0 Å². The highest BCUT2D eigenvalue weighted by Crippen LogP contribution is 2.39. The zero-order valence-corrected chi connectivity index (χ0v) is 32.9. The molecule has 0 bridgehead atoms. The molecular weight excluding hydrogens is 727 g/mol. The lowest BCUT2D eigenvalue weighted by atomic mass is 9.94. The zero-order valence-electron chi connectivity index (χ0n) is 32.9. The Bertz CT molecular complexity index is 3280. The number of benzene rings is 10. The lowest BCUT2D eigenvalue weighted by Crippen LogP contribution is -2.09. The largest absolute Gasteiger partial charge is 0.456 e. The summed E-state index contributed by atoms with van der Waals surface area (Å²) in [6.07, 6.45) is 0. The molecule has 11 rings (SSSR count). The van der Waals surface area contributed by atoms with E-state index in [-0.39, 0.29) is 0 Å². The Labute approximate surface area is 349 Å². The van der Waals surface area contributed by atoms with Crippen LogP contribution in [0.25, 0.3) is 88.3 Å². The van der Waals surface area contributed by atoms with Crippen LogP contribution < -0.4 is 4.90 Å². The molecule has 0 aliphatic heterocycles. The van der Waals surface area contributed by atoms with Gasteiger partial charge in [0.25, 0.3) is 0 Å². The molecule has 0 amide bonds. The second-order valence-corrected chi connectivity index (χ2v) is 15.3. The van der Waals surface area contributed by atoms with Crippen molar-refractivity contribution in [3.05, 3.63) is 237 Å².